The predicted octanol–water partition coefficient (Wildman–Crippen LogP) is 3.21. The molecule has 0 heterocycles. The lowest BCUT2D eigenvalue weighted by atomic mass is 10.1. The lowest BCUT2D eigenvalue weighted by Gasteiger charge is -2.06. The van der Waals surface area contributed by atoms with Gasteiger partial charge in [0.15, 0.2) is 9.84 Å². The van der Waals surface area contributed by atoms with Crippen molar-refractivity contribution in [1.29, 1.82) is 0 Å². The van der Waals surface area contributed by atoms with Gasteiger partial charge in [0.1, 0.15) is 4.99 Å². The van der Waals surface area contributed by atoms with Crippen LogP contribution in [0.1, 0.15) is 50.2 Å². The smallest absolute Gasteiger partial charge is 0.154 e. The summed E-state index contributed by atoms with van der Waals surface area (Å²) in [6.45, 7) is 2.15. The minimum atomic E-state index is -3.02. The first-order valence-electron chi connectivity index (χ1n) is 7.04. The van der Waals surface area contributed by atoms with Crippen molar-refractivity contribution in [3.8, 4) is 0 Å². The van der Waals surface area contributed by atoms with Crippen LogP contribution in [0.3, 0.4) is 0 Å². The van der Waals surface area contributed by atoms with E-state index in [1.54, 1.807) is 24.3 Å². The molecule has 0 fully saturated rings. The van der Waals surface area contributed by atoms with E-state index in [1.807, 2.05) is 0 Å². The van der Waals surface area contributed by atoms with Gasteiger partial charge in [0.25, 0.3) is 0 Å². The third-order valence-corrected chi connectivity index (χ3v) is 5.10. The molecule has 0 aliphatic rings. The quantitative estimate of drug-likeness (QED) is 0.562. The molecule has 1 aromatic rings. The van der Waals surface area contributed by atoms with Crippen LogP contribution in [0.2, 0.25) is 0 Å². The van der Waals surface area contributed by atoms with Crippen molar-refractivity contribution in [1.82, 2.24) is 0 Å². The summed E-state index contributed by atoms with van der Waals surface area (Å²) in [6, 6.07) is 7.11. The minimum absolute atomic E-state index is 0.0956. The average Bonchev–Trinajstić information content (AvgIpc) is 2.38. The normalized spacial score (nSPS) is 11.4. The highest BCUT2D eigenvalue weighted by molar-refractivity contribution is 7.90. The fraction of sp³-hybridized carbons (Fsp3) is 0.533. The van der Waals surface area contributed by atoms with Gasteiger partial charge in [-0.25, -0.2) is 8.42 Å². The molecule has 112 valence electrons. The number of nitrogens with two attached hydrogens (primary N) is 1. The largest absolute Gasteiger partial charge is 0.389 e. The van der Waals surface area contributed by atoms with E-state index in [4.69, 9.17) is 18.0 Å². The summed E-state index contributed by atoms with van der Waals surface area (Å²) in [5.74, 6) is 0.367. The van der Waals surface area contributed by atoms with Crippen molar-refractivity contribution in [2.45, 2.75) is 44.8 Å². The van der Waals surface area contributed by atoms with Crippen molar-refractivity contribution >= 4 is 27.0 Å². The molecule has 0 saturated carbocycles. The van der Waals surface area contributed by atoms with Gasteiger partial charge in [-0.2, -0.15) is 0 Å². The predicted molar refractivity (Wildman–Crippen MR) is 88.6 cm³/mol. The molecule has 0 spiro atoms. The first-order chi connectivity index (χ1) is 9.44. The van der Waals surface area contributed by atoms with Crippen LogP contribution >= 0.6 is 12.2 Å². The van der Waals surface area contributed by atoms with Crippen LogP contribution < -0.4 is 5.73 Å². The van der Waals surface area contributed by atoms with Crippen LogP contribution in [0.15, 0.2) is 24.3 Å². The Labute approximate surface area is 127 Å². The average molecular weight is 313 g/mol. The molecule has 0 amide bonds. The van der Waals surface area contributed by atoms with Crippen LogP contribution in [0.25, 0.3) is 0 Å². The summed E-state index contributed by atoms with van der Waals surface area (Å²) in [6.07, 6.45) is 5.22. The topological polar surface area (TPSA) is 60.2 Å². The first kappa shape index (κ1) is 17.1. The lowest BCUT2D eigenvalue weighted by Crippen LogP contribution is -2.11. The third-order valence-electron chi connectivity index (χ3n) is 3.18. The minimum Gasteiger partial charge on any atom is -0.389 e. The van der Waals surface area contributed by atoms with Crippen LogP contribution in [-0.4, -0.2) is 19.2 Å². The zero-order chi connectivity index (χ0) is 15.0. The second-order valence-corrected chi connectivity index (χ2v) is 7.69. The maximum absolute atomic E-state index is 12.0. The van der Waals surface area contributed by atoms with Gasteiger partial charge >= 0.3 is 0 Å². The highest BCUT2D eigenvalue weighted by Gasteiger charge is 2.11. The Morgan fingerprint density at radius 2 is 1.70 bits per heavy atom. The van der Waals surface area contributed by atoms with Gasteiger partial charge in [0.05, 0.1) is 11.5 Å². The Hall–Kier alpha value is -0.940. The molecule has 0 aliphatic heterocycles. The Balaban J connectivity index is 2.47. The number of hydrogen-bond acceptors (Lipinski definition) is 3. The standard InChI is InChI=1S/C15H23NO2S2/c1-2-3-4-5-6-11-20(17,18)12-13-7-9-14(10-8-13)15(16)19/h7-10H,2-6,11-12H2,1H3,(H2,16,19). The van der Waals surface area contributed by atoms with Crippen molar-refractivity contribution in [2.24, 2.45) is 5.73 Å². The summed E-state index contributed by atoms with van der Waals surface area (Å²) in [5, 5.41) is 0. The van der Waals surface area contributed by atoms with Gasteiger partial charge in [0.2, 0.25) is 0 Å². The van der Waals surface area contributed by atoms with Gasteiger partial charge in [-0.05, 0) is 12.0 Å². The monoisotopic (exact) mass is 313 g/mol. The molecular weight excluding hydrogens is 290 g/mol. The van der Waals surface area contributed by atoms with E-state index in [-0.39, 0.29) is 11.5 Å². The number of unbranched alkanes of at least 4 members (excludes halogenated alkanes) is 4. The van der Waals surface area contributed by atoms with Crippen molar-refractivity contribution < 1.29 is 8.42 Å². The Kier molecular flexibility index (Phi) is 7.16. The van der Waals surface area contributed by atoms with Crippen molar-refractivity contribution in [3.05, 3.63) is 35.4 Å². The SMILES string of the molecule is CCCCCCCS(=O)(=O)Cc1ccc(C(N)=S)cc1. The van der Waals surface area contributed by atoms with E-state index in [0.717, 1.165) is 30.4 Å². The van der Waals surface area contributed by atoms with E-state index < -0.39 is 9.84 Å². The van der Waals surface area contributed by atoms with E-state index >= 15 is 0 Å². The fourth-order valence-electron chi connectivity index (χ4n) is 2.02. The molecule has 20 heavy (non-hydrogen) atoms. The maximum atomic E-state index is 12.0. The number of rotatable bonds is 9. The molecule has 0 saturated heterocycles. The molecule has 1 rings (SSSR count). The third kappa shape index (κ3) is 6.48. The molecule has 2 N–H and O–H groups in total. The van der Waals surface area contributed by atoms with Gasteiger partial charge in [-0.1, -0.05) is 69.1 Å². The van der Waals surface area contributed by atoms with E-state index in [1.165, 1.54) is 12.8 Å². The molecular formula is C15H23NO2S2. The summed E-state index contributed by atoms with van der Waals surface area (Å²) in [4.78, 5) is 0.329. The number of benzene rings is 1. The van der Waals surface area contributed by atoms with Gasteiger partial charge < -0.3 is 5.73 Å². The van der Waals surface area contributed by atoms with Crippen LogP contribution in [0, 0.1) is 0 Å². The number of sulfone groups is 1. The van der Waals surface area contributed by atoms with E-state index in [2.05, 4.69) is 6.92 Å². The van der Waals surface area contributed by atoms with Gasteiger partial charge in [-0.15, -0.1) is 0 Å². The summed E-state index contributed by atoms with van der Waals surface area (Å²) < 4.78 is 24.0. The van der Waals surface area contributed by atoms with Crippen LogP contribution in [0.5, 0.6) is 0 Å². The summed E-state index contributed by atoms with van der Waals surface area (Å²) >= 11 is 4.87. The Morgan fingerprint density at radius 1 is 1.10 bits per heavy atom. The molecule has 0 aromatic heterocycles. The fourth-order valence-corrected chi connectivity index (χ4v) is 3.64. The molecule has 1 aromatic carbocycles. The van der Waals surface area contributed by atoms with Gasteiger partial charge in [0, 0.05) is 5.56 Å². The summed E-state index contributed by atoms with van der Waals surface area (Å²) in [7, 11) is -3.02. The van der Waals surface area contributed by atoms with E-state index in [0.29, 0.717) is 4.99 Å². The molecule has 0 radical (unpaired) electrons. The molecule has 0 bridgehead atoms. The van der Waals surface area contributed by atoms with Gasteiger partial charge in [-0.3, -0.25) is 0 Å². The maximum Gasteiger partial charge on any atom is 0.154 e. The highest BCUT2D eigenvalue weighted by Crippen LogP contribution is 2.11. The Morgan fingerprint density at radius 3 is 2.25 bits per heavy atom. The van der Waals surface area contributed by atoms with E-state index in [9.17, 15) is 8.42 Å². The zero-order valence-electron chi connectivity index (χ0n) is 12.0. The molecule has 0 atom stereocenters. The number of hydrogen-bond donors (Lipinski definition) is 1. The Bertz CT molecular complexity index is 521. The lowest BCUT2D eigenvalue weighted by molar-refractivity contribution is 0.586. The second kappa shape index (κ2) is 8.37. The molecule has 0 unspecified atom stereocenters. The molecule has 5 heteroatoms. The highest BCUT2D eigenvalue weighted by atomic mass is 32.2. The van der Waals surface area contributed by atoms with Crippen molar-refractivity contribution in [2.75, 3.05) is 5.75 Å². The second-order valence-electron chi connectivity index (χ2n) is 5.07. The van der Waals surface area contributed by atoms with Crippen LogP contribution in [-0.2, 0) is 15.6 Å². The number of thiocarbonyl (C=S) groups is 1. The van der Waals surface area contributed by atoms with Crippen molar-refractivity contribution in [3.63, 3.8) is 0 Å². The molecule has 3 nitrogen and oxygen atoms in total. The zero-order valence-corrected chi connectivity index (χ0v) is 13.6. The van der Waals surface area contributed by atoms with Crippen LogP contribution in [0.4, 0.5) is 0 Å². The first-order valence-corrected chi connectivity index (χ1v) is 9.27. The summed E-state index contributed by atoms with van der Waals surface area (Å²) in [5.41, 5.74) is 7.06. The molecule has 0 aliphatic carbocycles.